The van der Waals surface area contributed by atoms with Crippen LogP contribution in [0.15, 0.2) is 48.5 Å². The molecule has 5 nitrogen and oxygen atoms in total. The maximum Gasteiger partial charge on any atom is 0.261 e. The fourth-order valence-corrected chi connectivity index (χ4v) is 2.80. The van der Waals surface area contributed by atoms with Gasteiger partial charge in [0.2, 0.25) is 5.91 Å². The molecule has 0 spiro atoms. The molecule has 2 rings (SSSR count). The lowest BCUT2D eigenvalue weighted by Gasteiger charge is -2.29. The predicted molar refractivity (Wildman–Crippen MR) is 111 cm³/mol. The van der Waals surface area contributed by atoms with Gasteiger partial charge < -0.3 is 15.0 Å². The Morgan fingerprint density at radius 3 is 2.48 bits per heavy atom. The zero-order valence-corrected chi connectivity index (χ0v) is 17.6. The van der Waals surface area contributed by atoms with E-state index in [-0.39, 0.29) is 36.8 Å². The summed E-state index contributed by atoms with van der Waals surface area (Å²) in [5.74, 6) is -0.513. The second-order valence-electron chi connectivity index (χ2n) is 6.89. The fraction of sp³-hybridized carbons (Fsp3) is 0.364. The Labute approximate surface area is 175 Å². The number of amides is 2. The molecule has 7 heteroatoms. The summed E-state index contributed by atoms with van der Waals surface area (Å²) in [5.41, 5.74) is 0.714. The van der Waals surface area contributed by atoms with E-state index in [1.54, 1.807) is 43.3 Å². The molecule has 0 radical (unpaired) electrons. The van der Waals surface area contributed by atoms with E-state index < -0.39 is 6.04 Å². The van der Waals surface area contributed by atoms with Crippen molar-refractivity contribution < 1.29 is 18.7 Å². The van der Waals surface area contributed by atoms with Crippen molar-refractivity contribution in [2.75, 3.05) is 6.61 Å². The van der Waals surface area contributed by atoms with Crippen molar-refractivity contribution in [1.29, 1.82) is 0 Å². The summed E-state index contributed by atoms with van der Waals surface area (Å²) in [5, 5.41) is 3.39. The number of hydrogen-bond donors (Lipinski definition) is 1. The lowest BCUT2D eigenvalue weighted by atomic mass is 10.1. The zero-order valence-electron chi connectivity index (χ0n) is 16.8. The molecule has 1 N–H and O–H groups in total. The van der Waals surface area contributed by atoms with Gasteiger partial charge in [-0.3, -0.25) is 9.59 Å². The van der Waals surface area contributed by atoms with Crippen LogP contribution >= 0.6 is 11.6 Å². The van der Waals surface area contributed by atoms with E-state index in [0.29, 0.717) is 16.3 Å². The van der Waals surface area contributed by atoms with E-state index in [0.717, 1.165) is 6.42 Å². The minimum absolute atomic E-state index is 0.00423. The molecule has 2 aromatic carbocycles. The molecule has 156 valence electrons. The molecule has 0 aliphatic rings. The average Bonchev–Trinajstić information content (AvgIpc) is 2.71. The summed E-state index contributed by atoms with van der Waals surface area (Å²) < 4.78 is 18.8. The molecular weight excluding hydrogens is 395 g/mol. The van der Waals surface area contributed by atoms with Crippen molar-refractivity contribution in [2.24, 2.45) is 0 Å². The van der Waals surface area contributed by atoms with Crippen LogP contribution in [0.1, 0.15) is 32.8 Å². The largest absolute Gasteiger partial charge is 0.484 e. The number of carbonyl (C=O) groups is 2. The number of carbonyl (C=O) groups excluding carboxylic acids is 2. The highest BCUT2D eigenvalue weighted by atomic mass is 35.5. The third-order valence-corrected chi connectivity index (χ3v) is 4.83. The molecule has 0 heterocycles. The van der Waals surface area contributed by atoms with Crippen LogP contribution in [0.3, 0.4) is 0 Å². The second-order valence-corrected chi connectivity index (χ2v) is 7.32. The van der Waals surface area contributed by atoms with Crippen LogP contribution in [0.5, 0.6) is 5.75 Å². The Kier molecular flexibility index (Phi) is 8.46. The van der Waals surface area contributed by atoms with Crippen molar-refractivity contribution in [3.05, 3.63) is 64.9 Å². The summed E-state index contributed by atoms with van der Waals surface area (Å²) in [6, 6.07) is 11.8. The van der Waals surface area contributed by atoms with E-state index in [4.69, 9.17) is 16.3 Å². The molecular formula is C22H26ClFN2O3. The maximum absolute atomic E-state index is 13.2. The van der Waals surface area contributed by atoms with Crippen molar-refractivity contribution in [3.63, 3.8) is 0 Å². The van der Waals surface area contributed by atoms with Crippen LogP contribution in [0.4, 0.5) is 4.39 Å². The molecule has 0 saturated carbocycles. The van der Waals surface area contributed by atoms with Gasteiger partial charge in [-0.15, -0.1) is 0 Å². The molecule has 2 aromatic rings. The van der Waals surface area contributed by atoms with E-state index in [2.05, 4.69) is 5.32 Å². The number of hydrogen-bond acceptors (Lipinski definition) is 3. The predicted octanol–water partition coefficient (Wildman–Crippen LogP) is 4.19. The van der Waals surface area contributed by atoms with Crippen LogP contribution in [0.25, 0.3) is 0 Å². The Bertz CT molecular complexity index is 829. The molecule has 0 aliphatic carbocycles. The first-order valence-electron chi connectivity index (χ1n) is 9.52. The van der Waals surface area contributed by atoms with E-state index >= 15 is 0 Å². The van der Waals surface area contributed by atoms with Crippen LogP contribution in [-0.4, -0.2) is 35.4 Å². The van der Waals surface area contributed by atoms with Crippen molar-refractivity contribution in [1.82, 2.24) is 10.2 Å². The number of rotatable bonds is 9. The third-order valence-electron chi connectivity index (χ3n) is 4.59. The average molecular weight is 421 g/mol. The first-order valence-corrected chi connectivity index (χ1v) is 9.90. The summed E-state index contributed by atoms with van der Waals surface area (Å²) >= 11 is 5.94. The molecule has 0 aliphatic heterocycles. The molecule has 29 heavy (non-hydrogen) atoms. The summed E-state index contributed by atoms with van der Waals surface area (Å²) in [6.45, 7) is 5.45. The molecule has 0 saturated heterocycles. The Morgan fingerprint density at radius 2 is 1.86 bits per heavy atom. The van der Waals surface area contributed by atoms with Gasteiger partial charge in [-0.05, 0) is 56.2 Å². The quantitative estimate of drug-likeness (QED) is 0.661. The summed E-state index contributed by atoms with van der Waals surface area (Å²) in [7, 11) is 0. The number of nitrogens with zero attached hydrogens (tertiary/aromatic N) is 1. The van der Waals surface area contributed by atoms with Crippen LogP contribution in [0, 0.1) is 5.82 Å². The van der Waals surface area contributed by atoms with Crippen molar-refractivity contribution >= 4 is 23.4 Å². The monoisotopic (exact) mass is 420 g/mol. The lowest BCUT2D eigenvalue weighted by molar-refractivity contribution is -0.142. The molecule has 0 fully saturated rings. The highest BCUT2D eigenvalue weighted by molar-refractivity contribution is 6.30. The first-order chi connectivity index (χ1) is 13.8. The molecule has 0 aromatic heterocycles. The normalized spacial score (nSPS) is 12.7. The Morgan fingerprint density at radius 1 is 1.17 bits per heavy atom. The summed E-state index contributed by atoms with van der Waals surface area (Å²) in [6.07, 6.45) is 0.780. The maximum atomic E-state index is 13.2. The van der Waals surface area contributed by atoms with Crippen LogP contribution in [-0.2, 0) is 16.1 Å². The Balaban J connectivity index is 2.14. The number of benzene rings is 2. The number of ether oxygens (including phenoxy) is 1. The topological polar surface area (TPSA) is 58.6 Å². The van der Waals surface area contributed by atoms with Gasteiger partial charge in [0, 0.05) is 17.6 Å². The standard InChI is InChI=1S/C22H26ClFN2O3/c1-4-15(2)25-22(28)16(3)26(13-17-8-10-19(24)11-9-17)21(27)14-29-20-7-5-6-18(23)12-20/h5-12,15-16H,4,13-14H2,1-3H3,(H,25,28). The van der Waals surface area contributed by atoms with Gasteiger partial charge >= 0.3 is 0 Å². The zero-order chi connectivity index (χ0) is 21.4. The van der Waals surface area contributed by atoms with E-state index in [1.807, 2.05) is 13.8 Å². The summed E-state index contributed by atoms with van der Waals surface area (Å²) in [4.78, 5) is 26.9. The SMILES string of the molecule is CCC(C)NC(=O)C(C)N(Cc1ccc(F)cc1)C(=O)COc1cccc(Cl)c1. The smallest absolute Gasteiger partial charge is 0.261 e. The number of nitrogens with one attached hydrogen (secondary N) is 1. The Hall–Kier alpha value is -2.60. The lowest BCUT2D eigenvalue weighted by Crippen LogP contribution is -2.50. The first kappa shape index (κ1) is 22.7. The van der Waals surface area contributed by atoms with E-state index in [1.165, 1.54) is 17.0 Å². The van der Waals surface area contributed by atoms with Crippen molar-refractivity contribution in [3.8, 4) is 5.75 Å². The van der Waals surface area contributed by atoms with Gasteiger partial charge in [0.15, 0.2) is 6.61 Å². The van der Waals surface area contributed by atoms with Crippen LogP contribution < -0.4 is 10.1 Å². The van der Waals surface area contributed by atoms with E-state index in [9.17, 15) is 14.0 Å². The van der Waals surface area contributed by atoms with Gasteiger partial charge in [0.05, 0.1) is 0 Å². The second kappa shape index (κ2) is 10.8. The number of halogens is 2. The fourth-order valence-electron chi connectivity index (χ4n) is 2.62. The third kappa shape index (κ3) is 7.06. The van der Waals surface area contributed by atoms with Gasteiger partial charge in [-0.1, -0.05) is 36.7 Å². The van der Waals surface area contributed by atoms with Gasteiger partial charge in [-0.25, -0.2) is 4.39 Å². The molecule has 2 unspecified atom stereocenters. The van der Waals surface area contributed by atoms with Gasteiger partial charge in [0.1, 0.15) is 17.6 Å². The minimum Gasteiger partial charge on any atom is -0.484 e. The minimum atomic E-state index is -0.718. The highest BCUT2D eigenvalue weighted by Crippen LogP contribution is 2.18. The van der Waals surface area contributed by atoms with Crippen molar-refractivity contribution in [2.45, 2.75) is 45.8 Å². The molecule has 2 atom stereocenters. The molecule has 0 bridgehead atoms. The molecule has 2 amide bonds. The van der Waals surface area contributed by atoms with Gasteiger partial charge in [0.25, 0.3) is 5.91 Å². The highest BCUT2D eigenvalue weighted by Gasteiger charge is 2.27. The van der Waals surface area contributed by atoms with Gasteiger partial charge in [-0.2, -0.15) is 0 Å². The van der Waals surface area contributed by atoms with Crippen LogP contribution in [0.2, 0.25) is 5.02 Å².